The summed E-state index contributed by atoms with van der Waals surface area (Å²) >= 11 is 0. The lowest BCUT2D eigenvalue weighted by Gasteiger charge is -2.36. The molecule has 6 heteroatoms. The normalized spacial score (nSPS) is 22.6. The van der Waals surface area contributed by atoms with E-state index in [4.69, 9.17) is 15.2 Å². The number of fused-ring (bicyclic) bond motifs is 1. The average Bonchev–Trinajstić information content (AvgIpc) is 2.74. The van der Waals surface area contributed by atoms with Crippen molar-refractivity contribution < 1.29 is 14.3 Å². The van der Waals surface area contributed by atoms with Gasteiger partial charge in [-0.1, -0.05) is 35.9 Å². The quantitative estimate of drug-likeness (QED) is 0.826. The summed E-state index contributed by atoms with van der Waals surface area (Å²) in [4.78, 5) is 18.9. The highest BCUT2D eigenvalue weighted by Crippen LogP contribution is 2.34. The molecule has 1 atom stereocenters. The van der Waals surface area contributed by atoms with Gasteiger partial charge in [0, 0.05) is 13.7 Å². The monoisotopic (exact) mass is 379 g/mol. The van der Waals surface area contributed by atoms with E-state index in [9.17, 15) is 4.79 Å². The van der Waals surface area contributed by atoms with Crippen LogP contribution in [-0.4, -0.2) is 49.2 Å². The highest BCUT2D eigenvalue weighted by molar-refractivity contribution is 6.07. The highest BCUT2D eigenvalue weighted by atomic mass is 16.5. The number of benzene rings is 2. The Morgan fingerprint density at radius 2 is 2.00 bits per heavy atom. The summed E-state index contributed by atoms with van der Waals surface area (Å²) in [5.74, 6) is 0.496. The van der Waals surface area contributed by atoms with Gasteiger partial charge < -0.3 is 15.2 Å². The molecule has 0 aliphatic carbocycles. The summed E-state index contributed by atoms with van der Waals surface area (Å²) in [5.41, 5.74) is 9.13. The molecule has 2 aromatic carbocycles. The number of nitrogens with zero attached hydrogens (tertiary/aromatic N) is 2. The number of aryl methyl sites for hydroxylation is 1. The molecular weight excluding hydrogens is 354 g/mol. The van der Waals surface area contributed by atoms with Crippen LogP contribution in [0.15, 0.2) is 47.5 Å². The Morgan fingerprint density at radius 1 is 1.18 bits per heavy atom. The van der Waals surface area contributed by atoms with Crippen LogP contribution in [0.3, 0.4) is 0 Å². The van der Waals surface area contributed by atoms with Crippen molar-refractivity contribution in [2.45, 2.75) is 25.4 Å². The molecule has 0 radical (unpaired) electrons. The molecule has 2 aliphatic rings. The van der Waals surface area contributed by atoms with Gasteiger partial charge in [-0.05, 0) is 43.0 Å². The van der Waals surface area contributed by atoms with Crippen molar-refractivity contribution in [3.63, 3.8) is 0 Å². The van der Waals surface area contributed by atoms with Crippen LogP contribution in [0.5, 0.6) is 5.75 Å². The van der Waals surface area contributed by atoms with Crippen molar-refractivity contribution in [3.05, 3.63) is 53.6 Å². The van der Waals surface area contributed by atoms with Crippen LogP contribution in [0.2, 0.25) is 0 Å². The van der Waals surface area contributed by atoms with Crippen molar-refractivity contribution in [1.29, 1.82) is 0 Å². The van der Waals surface area contributed by atoms with Gasteiger partial charge in [-0.3, -0.25) is 9.69 Å². The lowest BCUT2D eigenvalue weighted by Crippen LogP contribution is -2.47. The van der Waals surface area contributed by atoms with Gasteiger partial charge in [-0.25, -0.2) is 4.99 Å². The van der Waals surface area contributed by atoms with Crippen LogP contribution >= 0.6 is 0 Å². The van der Waals surface area contributed by atoms with E-state index in [0.717, 1.165) is 29.5 Å². The number of guanidine groups is 1. The maximum atomic E-state index is 13.1. The van der Waals surface area contributed by atoms with Gasteiger partial charge in [-0.2, -0.15) is 0 Å². The van der Waals surface area contributed by atoms with Crippen LogP contribution in [0.4, 0.5) is 0 Å². The molecule has 0 saturated carbocycles. The second kappa shape index (κ2) is 7.28. The molecule has 1 unspecified atom stereocenters. The third-order valence-corrected chi connectivity index (χ3v) is 5.35. The summed E-state index contributed by atoms with van der Waals surface area (Å²) in [6, 6.07) is 13.9. The van der Waals surface area contributed by atoms with Gasteiger partial charge in [0.1, 0.15) is 5.75 Å². The number of carbonyl (C=O) groups is 1. The van der Waals surface area contributed by atoms with E-state index in [1.165, 1.54) is 4.90 Å². The number of hydrogen-bond donors (Lipinski definition) is 1. The first-order valence-corrected chi connectivity index (χ1v) is 9.53. The Bertz CT molecular complexity index is 932. The first-order chi connectivity index (χ1) is 13.5. The first kappa shape index (κ1) is 18.5. The molecule has 146 valence electrons. The van der Waals surface area contributed by atoms with E-state index < -0.39 is 5.60 Å². The second-order valence-electron chi connectivity index (χ2n) is 7.56. The molecule has 0 aromatic heterocycles. The highest BCUT2D eigenvalue weighted by Gasteiger charge is 2.38. The summed E-state index contributed by atoms with van der Waals surface area (Å²) in [6.07, 6.45) is 1.69. The number of amides is 1. The summed E-state index contributed by atoms with van der Waals surface area (Å²) in [7, 11) is 1.64. The lowest BCUT2D eigenvalue weighted by molar-refractivity contribution is -0.0618. The number of aliphatic imine (C=N–C) groups is 1. The molecule has 2 N–H and O–H groups in total. The minimum Gasteiger partial charge on any atom is -0.482 e. The van der Waals surface area contributed by atoms with Gasteiger partial charge in [0.15, 0.2) is 11.6 Å². The van der Waals surface area contributed by atoms with E-state index in [-0.39, 0.29) is 11.9 Å². The number of ether oxygens (including phenoxy) is 2. The summed E-state index contributed by atoms with van der Waals surface area (Å²) in [6.45, 7) is 3.55. The van der Waals surface area contributed by atoms with E-state index in [0.29, 0.717) is 31.1 Å². The number of rotatable bonds is 1. The predicted molar refractivity (Wildman–Crippen MR) is 109 cm³/mol. The molecule has 28 heavy (non-hydrogen) atoms. The zero-order valence-corrected chi connectivity index (χ0v) is 16.3. The van der Waals surface area contributed by atoms with E-state index in [1.807, 2.05) is 43.3 Å². The number of carbonyl (C=O) groups excluding carboxylic acids is 1. The second-order valence-corrected chi connectivity index (χ2v) is 7.56. The van der Waals surface area contributed by atoms with Crippen molar-refractivity contribution in [2.24, 2.45) is 10.7 Å². The van der Waals surface area contributed by atoms with Crippen LogP contribution in [0.1, 0.15) is 28.8 Å². The zero-order chi connectivity index (χ0) is 19.7. The van der Waals surface area contributed by atoms with Crippen LogP contribution in [0, 0.1) is 6.92 Å². The fourth-order valence-electron chi connectivity index (χ4n) is 3.70. The topological polar surface area (TPSA) is 77.2 Å². The molecule has 6 nitrogen and oxygen atoms in total. The molecule has 1 saturated heterocycles. The number of hydrogen-bond acceptors (Lipinski definition) is 5. The van der Waals surface area contributed by atoms with Crippen LogP contribution < -0.4 is 10.5 Å². The first-order valence-electron chi connectivity index (χ1n) is 9.53. The maximum absolute atomic E-state index is 13.1. The Hall–Kier alpha value is -2.86. The van der Waals surface area contributed by atoms with Gasteiger partial charge in [0.2, 0.25) is 0 Å². The Kier molecular flexibility index (Phi) is 4.81. The van der Waals surface area contributed by atoms with Gasteiger partial charge in [0.25, 0.3) is 5.91 Å². The predicted octanol–water partition coefficient (Wildman–Crippen LogP) is 2.99. The van der Waals surface area contributed by atoms with Crippen molar-refractivity contribution in [2.75, 3.05) is 26.8 Å². The molecule has 4 rings (SSSR count). The third-order valence-electron chi connectivity index (χ3n) is 5.35. The summed E-state index contributed by atoms with van der Waals surface area (Å²) < 4.78 is 12.1. The van der Waals surface area contributed by atoms with Crippen molar-refractivity contribution >= 4 is 11.9 Å². The molecular formula is C22H25N3O3. The van der Waals surface area contributed by atoms with Gasteiger partial charge >= 0.3 is 0 Å². The SMILES string of the molecule is Cc1cccc(-c2ccc3c(c2)C(=O)N(C)C(N)=NCC2(CCCOC2)O3)c1. The van der Waals surface area contributed by atoms with Crippen molar-refractivity contribution in [1.82, 2.24) is 4.90 Å². The fourth-order valence-corrected chi connectivity index (χ4v) is 3.70. The minimum atomic E-state index is -0.603. The molecule has 1 amide bonds. The maximum Gasteiger partial charge on any atom is 0.264 e. The van der Waals surface area contributed by atoms with Crippen molar-refractivity contribution in [3.8, 4) is 16.9 Å². The van der Waals surface area contributed by atoms with E-state index in [1.54, 1.807) is 7.05 Å². The zero-order valence-electron chi connectivity index (χ0n) is 16.3. The van der Waals surface area contributed by atoms with Crippen LogP contribution in [-0.2, 0) is 4.74 Å². The molecule has 1 fully saturated rings. The molecule has 2 aromatic rings. The number of nitrogens with two attached hydrogens (primary N) is 1. The Balaban J connectivity index is 1.81. The van der Waals surface area contributed by atoms with Gasteiger partial charge in [0.05, 0.1) is 18.7 Å². The Labute approximate surface area is 165 Å². The standard InChI is InChI=1S/C22H25N3O3/c1-15-5-3-6-16(11-15)17-7-8-19-18(12-17)20(26)25(2)21(23)24-13-22(28-19)9-4-10-27-14-22/h3,5-8,11-12H,4,9-10,13-14H2,1-2H3,(H2,23,24). The lowest BCUT2D eigenvalue weighted by atomic mass is 9.95. The smallest absolute Gasteiger partial charge is 0.264 e. The fraction of sp³-hybridized carbons (Fsp3) is 0.364. The minimum absolute atomic E-state index is 0.187. The van der Waals surface area contributed by atoms with E-state index >= 15 is 0 Å². The Morgan fingerprint density at radius 3 is 2.75 bits per heavy atom. The third kappa shape index (κ3) is 3.47. The average molecular weight is 379 g/mol. The van der Waals surface area contributed by atoms with Gasteiger partial charge in [-0.15, -0.1) is 0 Å². The molecule has 1 spiro atoms. The summed E-state index contributed by atoms with van der Waals surface area (Å²) in [5, 5.41) is 0. The molecule has 2 aliphatic heterocycles. The largest absolute Gasteiger partial charge is 0.482 e. The molecule has 0 bridgehead atoms. The van der Waals surface area contributed by atoms with Crippen LogP contribution in [0.25, 0.3) is 11.1 Å². The van der Waals surface area contributed by atoms with E-state index in [2.05, 4.69) is 11.1 Å². The molecule has 2 heterocycles.